The molecule has 1 aliphatic carbocycles. The van der Waals surface area contributed by atoms with E-state index in [0.29, 0.717) is 10.6 Å². The summed E-state index contributed by atoms with van der Waals surface area (Å²) in [5.41, 5.74) is 1.60. The molecule has 3 rings (SSSR count). The van der Waals surface area contributed by atoms with Gasteiger partial charge >= 0.3 is 0 Å². The number of amides is 1. The van der Waals surface area contributed by atoms with Gasteiger partial charge in [0.1, 0.15) is 5.15 Å². The molecule has 0 fully saturated rings. The molecule has 3 nitrogen and oxygen atoms in total. The number of aromatic nitrogens is 1. The second kappa shape index (κ2) is 5.72. The third-order valence-corrected chi connectivity index (χ3v) is 4.93. The molecular formula is C14H12Cl2N2OS. The summed E-state index contributed by atoms with van der Waals surface area (Å²) in [6.07, 6.45) is 4.53. The second-order valence-electron chi connectivity index (χ2n) is 4.70. The van der Waals surface area contributed by atoms with Gasteiger partial charge < -0.3 is 5.32 Å². The molecule has 1 amide bonds. The minimum absolute atomic E-state index is 0.0560. The van der Waals surface area contributed by atoms with Crippen LogP contribution in [0.25, 0.3) is 0 Å². The number of pyridine rings is 1. The molecule has 1 atom stereocenters. The van der Waals surface area contributed by atoms with E-state index in [0.717, 1.165) is 19.3 Å². The van der Waals surface area contributed by atoms with Crippen molar-refractivity contribution in [2.24, 2.45) is 0 Å². The van der Waals surface area contributed by atoms with E-state index in [2.05, 4.69) is 21.7 Å². The Morgan fingerprint density at radius 2 is 2.30 bits per heavy atom. The number of nitrogens with one attached hydrogen (secondary N) is 1. The lowest BCUT2D eigenvalue weighted by molar-refractivity contribution is 0.0933. The van der Waals surface area contributed by atoms with Crippen LogP contribution in [0.2, 0.25) is 10.2 Å². The standard InChI is InChI=1S/C14H12Cl2N2OS/c15-10-7-17-13(16)6-9(10)14(19)18-11-2-1-3-12-8(11)4-5-20-12/h4-7,11H,1-3H2,(H,18,19). The fraction of sp³-hybridized carbons (Fsp3) is 0.286. The third-order valence-electron chi connectivity index (χ3n) is 3.42. The summed E-state index contributed by atoms with van der Waals surface area (Å²) in [6.45, 7) is 0. The summed E-state index contributed by atoms with van der Waals surface area (Å²) >= 11 is 13.6. The molecule has 0 aromatic carbocycles. The Morgan fingerprint density at radius 1 is 1.45 bits per heavy atom. The van der Waals surface area contributed by atoms with Crippen molar-refractivity contribution >= 4 is 40.4 Å². The van der Waals surface area contributed by atoms with Gasteiger partial charge in [-0.1, -0.05) is 23.2 Å². The van der Waals surface area contributed by atoms with Gasteiger partial charge in [-0.05, 0) is 42.3 Å². The lowest BCUT2D eigenvalue weighted by Gasteiger charge is -2.23. The molecule has 1 N–H and O–H groups in total. The van der Waals surface area contributed by atoms with E-state index in [1.54, 1.807) is 11.3 Å². The number of carbonyl (C=O) groups is 1. The van der Waals surface area contributed by atoms with Crippen LogP contribution in [0.1, 0.15) is 39.7 Å². The zero-order valence-corrected chi connectivity index (χ0v) is 12.9. The maximum atomic E-state index is 12.3. The first-order valence-electron chi connectivity index (χ1n) is 6.33. The fourth-order valence-corrected chi connectivity index (χ4v) is 3.79. The molecule has 0 saturated carbocycles. The predicted molar refractivity (Wildman–Crippen MR) is 81.7 cm³/mol. The number of aryl methyl sites for hydroxylation is 1. The van der Waals surface area contributed by atoms with E-state index in [4.69, 9.17) is 23.2 Å². The summed E-state index contributed by atoms with van der Waals surface area (Å²) < 4.78 is 0. The second-order valence-corrected chi connectivity index (χ2v) is 6.50. The van der Waals surface area contributed by atoms with Gasteiger partial charge in [-0.3, -0.25) is 4.79 Å². The first-order chi connectivity index (χ1) is 9.65. The average Bonchev–Trinajstić information content (AvgIpc) is 2.91. The number of rotatable bonds is 2. The SMILES string of the molecule is O=C(NC1CCCc2sccc21)c1cc(Cl)ncc1Cl. The zero-order valence-electron chi connectivity index (χ0n) is 10.5. The molecule has 0 aliphatic heterocycles. The Kier molecular flexibility index (Phi) is 3.96. The van der Waals surface area contributed by atoms with Crippen molar-refractivity contribution in [2.45, 2.75) is 25.3 Å². The molecule has 0 saturated heterocycles. The summed E-state index contributed by atoms with van der Waals surface area (Å²) in [4.78, 5) is 17.6. The largest absolute Gasteiger partial charge is 0.345 e. The minimum Gasteiger partial charge on any atom is -0.345 e. The van der Waals surface area contributed by atoms with Gasteiger partial charge in [-0.2, -0.15) is 0 Å². The van der Waals surface area contributed by atoms with Gasteiger partial charge in [-0.15, -0.1) is 11.3 Å². The average molecular weight is 327 g/mol. The fourth-order valence-electron chi connectivity index (χ4n) is 2.46. The molecule has 2 aromatic heterocycles. The summed E-state index contributed by atoms with van der Waals surface area (Å²) in [6, 6.07) is 3.64. The van der Waals surface area contributed by atoms with Gasteiger partial charge in [-0.25, -0.2) is 4.98 Å². The number of thiophene rings is 1. The normalized spacial score (nSPS) is 17.6. The van der Waals surface area contributed by atoms with Gasteiger partial charge in [0.05, 0.1) is 16.6 Å². The number of nitrogens with zero attached hydrogens (tertiary/aromatic N) is 1. The lowest BCUT2D eigenvalue weighted by Crippen LogP contribution is -2.30. The molecule has 0 spiro atoms. The van der Waals surface area contributed by atoms with E-state index < -0.39 is 0 Å². The first kappa shape index (κ1) is 13.9. The molecule has 104 valence electrons. The van der Waals surface area contributed by atoms with Crippen molar-refractivity contribution in [1.82, 2.24) is 10.3 Å². The van der Waals surface area contributed by atoms with E-state index >= 15 is 0 Å². The van der Waals surface area contributed by atoms with Crippen molar-refractivity contribution < 1.29 is 4.79 Å². The van der Waals surface area contributed by atoms with E-state index in [1.165, 1.54) is 22.7 Å². The molecule has 2 heterocycles. The van der Waals surface area contributed by atoms with Crippen LogP contribution in [0.15, 0.2) is 23.7 Å². The van der Waals surface area contributed by atoms with Crippen molar-refractivity contribution in [2.75, 3.05) is 0 Å². The summed E-state index contributed by atoms with van der Waals surface area (Å²) in [5, 5.41) is 5.69. The number of halogens is 2. The Balaban J connectivity index is 1.82. The lowest BCUT2D eigenvalue weighted by atomic mass is 9.94. The maximum Gasteiger partial charge on any atom is 0.253 e. The highest BCUT2D eigenvalue weighted by Crippen LogP contribution is 2.33. The van der Waals surface area contributed by atoms with Crippen LogP contribution >= 0.6 is 34.5 Å². The van der Waals surface area contributed by atoms with Crippen LogP contribution < -0.4 is 5.32 Å². The Hall–Kier alpha value is -1.10. The van der Waals surface area contributed by atoms with Crippen LogP contribution in [0.3, 0.4) is 0 Å². The van der Waals surface area contributed by atoms with Gasteiger partial charge in [0.15, 0.2) is 0 Å². The summed E-state index contributed by atoms with van der Waals surface area (Å²) in [7, 11) is 0. The molecule has 1 aliphatic rings. The van der Waals surface area contributed by atoms with Gasteiger partial charge in [0.25, 0.3) is 5.91 Å². The van der Waals surface area contributed by atoms with Gasteiger partial charge in [0, 0.05) is 11.1 Å². The van der Waals surface area contributed by atoms with Gasteiger partial charge in [0.2, 0.25) is 0 Å². The number of fused-ring (bicyclic) bond motifs is 1. The highest BCUT2D eigenvalue weighted by atomic mass is 35.5. The number of carbonyl (C=O) groups excluding carboxylic acids is 1. The molecule has 20 heavy (non-hydrogen) atoms. The van der Waals surface area contributed by atoms with Crippen molar-refractivity contribution in [3.63, 3.8) is 0 Å². The van der Waals surface area contributed by atoms with Crippen LogP contribution in [0, 0.1) is 0 Å². The third kappa shape index (κ3) is 2.68. The Labute approximate surface area is 130 Å². The van der Waals surface area contributed by atoms with E-state index in [9.17, 15) is 4.79 Å². The Morgan fingerprint density at radius 3 is 3.15 bits per heavy atom. The van der Waals surface area contributed by atoms with Crippen LogP contribution in [-0.4, -0.2) is 10.9 Å². The van der Waals surface area contributed by atoms with Crippen molar-refractivity contribution in [3.8, 4) is 0 Å². The van der Waals surface area contributed by atoms with Crippen molar-refractivity contribution in [3.05, 3.63) is 49.9 Å². The molecule has 0 radical (unpaired) electrons. The zero-order chi connectivity index (χ0) is 14.1. The predicted octanol–water partition coefficient (Wildman–Crippen LogP) is 4.26. The minimum atomic E-state index is -0.205. The van der Waals surface area contributed by atoms with Crippen molar-refractivity contribution in [1.29, 1.82) is 0 Å². The summed E-state index contributed by atoms with van der Waals surface area (Å²) in [5.74, 6) is -0.205. The van der Waals surface area contributed by atoms with E-state index in [-0.39, 0.29) is 17.1 Å². The van der Waals surface area contributed by atoms with Crippen LogP contribution in [0.4, 0.5) is 0 Å². The quantitative estimate of drug-likeness (QED) is 0.838. The molecule has 2 aromatic rings. The van der Waals surface area contributed by atoms with Crippen LogP contribution in [0.5, 0.6) is 0 Å². The first-order valence-corrected chi connectivity index (χ1v) is 7.97. The topological polar surface area (TPSA) is 42.0 Å². The van der Waals surface area contributed by atoms with Crippen LogP contribution in [-0.2, 0) is 6.42 Å². The smallest absolute Gasteiger partial charge is 0.253 e. The number of hydrogen-bond acceptors (Lipinski definition) is 3. The molecule has 1 unspecified atom stereocenters. The van der Waals surface area contributed by atoms with E-state index in [1.807, 2.05) is 0 Å². The Bertz CT molecular complexity index is 656. The number of hydrogen-bond donors (Lipinski definition) is 1. The molecule has 0 bridgehead atoms. The highest BCUT2D eigenvalue weighted by molar-refractivity contribution is 7.10. The molecular weight excluding hydrogens is 315 g/mol. The molecule has 6 heteroatoms. The monoisotopic (exact) mass is 326 g/mol. The highest BCUT2D eigenvalue weighted by Gasteiger charge is 2.24. The maximum absolute atomic E-state index is 12.3.